The summed E-state index contributed by atoms with van der Waals surface area (Å²) in [5.41, 5.74) is 0. The van der Waals surface area contributed by atoms with Gasteiger partial charge in [-0.1, -0.05) is 6.92 Å². The summed E-state index contributed by atoms with van der Waals surface area (Å²) in [7, 11) is 0. The molecule has 3 heteroatoms. The van der Waals surface area contributed by atoms with Crippen molar-refractivity contribution < 1.29 is 10.2 Å². The third-order valence-electron chi connectivity index (χ3n) is 2.17. The topological polar surface area (TPSA) is 52.5 Å². The van der Waals surface area contributed by atoms with Crippen molar-refractivity contribution in [3.63, 3.8) is 0 Å². The second kappa shape index (κ2) is 6.40. The lowest BCUT2D eigenvalue weighted by molar-refractivity contribution is 0.174. The molecule has 12 heavy (non-hydrogen) atoms. The van der Waals surface area contributed by atoms with Gasteiger partial charge in [0.15, 0.2) is 0 Å². The Morgan fingerprint density at radius 3 is 2.25 bits per heavy atom. The van der Waals surface area contributed by atoms with Crippen LogP contribution in [0.5, 0.6) is 0 Å². The van der Waals surface area contributed by atoms with Crippen LogP contribution in [0.2, 0.25) is 0 Å². The van der Waals surface area contributed by atoms with Gasteiger partial charge in [0.05, 0.1) is 6.10 Å². The molecule has 0 aliphatic rings. The first kappa shape index (κ1) is 11.9. The number of rotatable bonds is 6. The fourth-order valence-electron chi connectivity index (χ4n) is 0.879. The van der Waals surface area contributed by atoms with Crippen LogP contribution in [0.1, 0.15) is 27.2 Å². The Kier molecular flexibility index (Phi) is 6.34. The van der Waals surface area contributed by atoms with Crippen LogP contribution in [0.15, 0.2) is 0 Å². The summed E-state index contributed by atoms with van der Waals surface area (Å²) in [6, 6.07) is 0.314. The molecule has 0 rings (SSSR count). The van der Waals surface area contributed by atoms with Crippen molar-refractivity contribution in [2.24, 2.45) is 5.92 Å². The lowest BCUT2D eigenvalue weighted by Gasteiger charge is -2.19. The molecule has 3 unspecified atom stereocenters. The minimum Gasteiger partial charge on any atom is -0.396 e. The molecule has 0 aliphatic heterocycles. The van der Waals surface area contributed by atoms with E-state index in [0.717, 1.165) is 13.0 Å². The number of hydrogen-bond donors (Lipinski definition) is 3. The van der Waals surface area contributed by atoms with E-state index < -0.39 is 0 Å². The molecular formula is C9H21NO2. The maximum atomic E-state index is 8.97. The second-order valence-corrected chi connectivity index (χ2v) is 3.54. The third kappa shape index (κ3) is 5.52. The van der Waals surface area contributed by atoms with Crippen molar-refractivity contribution >= 4 is 0 Å². The van der Waals surface area contributed by atoms with E-state index >= 15 is 0 Å². The first-order valence-corrected chi connectivity index (χ1v) is 4.60. The summed E-state index contributed by atoms with van der Waals surface area (Å²) < 4.78 is 0. The summed E-state index contributed by atoms with van der Waals surface area (Å²) in [6.07, 6.45) is 0.525. The Bertz CT molecular complexity index is 107. The van der Waals surface area contributed by atoms with Gasteiger partial charge in [-0.25, -0.2) is 0 Å². The highest BCUT2D eigenvalue weighted by Gasteiger charge is 2.09. The first-order valence-electron chi connectivity index (χ1n) is 4.60. The molecule has 0 bridgehead atoms. The van der Waals surface area contributed by atoms with E-state index in [1.165, 1.54) is 0 Å². The molecule has 3 atom stereocenters. The molecule has 0 spiro atoms. The molecule has 0 aromatic carbocycles. The predicted molar refractivity (Wildman–Crippen MR) is 50.0 cm³/mol. The summed E-state index contributed by atoms with van der Waals surface area (Å²) in [4.78, 5) is 0. The highest BCUT2D eigenvalue weighted by Crippen LogP contribution is 2.00. The van der Waals surface area contributed by atoms with Crippen molar-refractivity contribution in [2.45, 2.75) is 39.3 Å². The predicted octanol–water partition coefficient (Wildman–Crippen LogP) is 0.364. The minimum absolute atomic E-state index is 0.211. The quantitative estimate of drug-likeness (QED) is 0.546. The largest absolute Gasteiger partial charge is 0.396 e. The Labute approximate surface area is 74.8 Å². The average molecular weight is 175 g/mol. The van der Waals surface area contributed by atoms with Crippen LogP contribution >= 0.6 is 0 Å². The van der Waals surface area contributed by atoms with Gasteiger partial charge < -0.3 is 15.5 Å². The van der Waals surface area contributed by atoms with Crippen LogP contribution in [0.4, 0.5) is 0 Å². The molecule has 0 amide bonds. The highest BCUT2D eigenvalue weighted by atomic mass is 16.3. The van der Waals surface area contributed by atoms with Gasteiger partial charge in [-0.3, -0.25) is 0 Å². The van der Waals surface area contributed by atoms with Crippen molar-refractivity contribution in [3.05, 3.63) is 0 Å². The summed E-state index contributed by atoms with van der Waals surface area (Å²) >= 11 is 0. The number of aliphatic hydroxyl groups is 2. The maximum absolute atomic E-state index is 8.97. The van der Waals surface area contributed by atoms with Crippen LogP contribution in [-0.2, 0) is 0 Å². The van der Waals surface area contributed by atoms with Crippen LogP contribution in [0.25, 0.3) is 0 Å². The molecule has 0 aromatic heterocycles. The molecule has 0 heterocycles. The van der Waals surface area contributed by atoms with Gasteiger partial charge in [0.2, 0.25) is 0 Å². The highest BCUT2D eigenvalue weighted by molar-refractivity contribution is 4.67. The molecule has 3 nitrogen and oxygen atoms in total. The van der Waals surface area contributed by atoms with Crippen molar-refractivity contribution in [2.75, 3.05) is 13.2 Å². The standard InChI is InChI=1S/C9H21NO2/c1-7(6-11)9(3)10-5-4-8(2)12/h7-12H,4-6H2,1-3H3. The van der Waals surface area contributed by atoms with Gasteiger partial charge in [-0.05, 0) is 32.7 Å². The van der Waals surface area contributed by atoms with Gasteiger partial charge in [-0.15, -0.1) is 0 Å². The van der Waals surface area contributed by atoms with E-state index in [9.17, 15) is 0 Å². The molecule has 0 fully saturated rings. The van der Waals surface area contributed by atoms with Crippen LogP contribution in [-0.4, -0.2) is 35.5 Å². The Balaban J connectivity index is 3.37. The average Bonchev–Trinajstić information content (AvgIpc) is 2.02. The van der Waals surface area contributed by atoms with E-state index in [4.69, 9.17) is 10.2 Å². The van der Waals surface area contributed by atoms with Crippen molar-refractivity contribution in [1.82, 2.24) is 5.32 Å². The summed E-state index contributed by atoms with van der Waals surface area (Å²) in [5, 5.41) is 21.0. The summed E-state index contributed by atoms with van der Waals surface area (Å²) in [5.74, 6) is 0.277. The smallest absolute Gasteiger partial charge is 0.0524 e. The number of hydrogen-bond acceptors (Lipinski definition) is 3. The van der Waals surface area contributed by atoms with E-state index in [-0.39, 0.29) is 18.6 Å². The second-order valence-electron chi connectivity index (χ2n) is 3.54. The number of nitrogens with one attached hydrogen (secondary N) is 1. The van der Waals surface area contributed by atoms with E-state index in [0.29, 0.717) is 6.04 Å². The van der Waals surface area contributed by atoms with Crippen LogP contribution < -0.4 is 5.32 Å². The zero-order valence-corrected chi connectivity index (χ0v) is 8.25. The normalized spacial score (nSPS) is 18.8. The zero-order valence-electron chi connectivity index (χ0n) is 8.25. The van der Waals surface area contributed by atoms with Gasteiger partial charge in [0.1, 0.15) is 0 Å². The maximum Gasteiger partial charge on any atom is 0.0524 e. The zero-order chi connectivity index (χ0) is 9.56. The Hall–Kier alpha value is -0.120. The molecule has 0 saturated heterocycles. The van der Waals surface area contributed by atoms with Crippen molar-refractivity contribution in [3.8, 4) is 0 Å². The van der Waals surface area contributed by atoms with Gasteiger partial charge in [-0.2, -0.15) is 0 Å². The monoisotopic (exact) mass is 175 g/mol. The van der Waals surface area contributed by atoms with E-state index in [1.54, 1.807) is 6.92 Å². The molecule has 0 aliphatic carbocycles. The Morgan fingerprint density at radius 2 is 1.83 bits per heavy atom. The molecule has 0 aromatic rings. The molecule has 3 N–H and O–H groups in total. The SMILES string of the molecule is CC(O)CCNC(C)C(C)CO. The van der Waals surface area contributed by atoms with Crippen LogP contribution in [0, 0.1) is 5.92 Å². The summed E-state index contributed by atoms with van der Waals surface area (Å²) in [6.45, 7) is 6.84. The first-order chi connectivity index (χ1) is 5.57. The Morgan fingerprint density at radius 1 is 1.25 bits per heavy atom. The molecule has 0 radical (unpaired) electrons. The molecule has 0 saturated carbocycles. The molecule has 74 valence electrons. The fourth-order valence-corrected chi connectivity index (χ4v) is 0.879. The third-order valence-corrected chi connectivity index (χ3v) is 2.17. The lowest BCUT2D eigenvalue weighted by Crippen LogP contribution is -2.35. The van der Waals surface area contributed by atoms with E-state index in [1.807, 2.05) is 13.8 Å². The minimum atomic E-state index is -0.242. The van der Waals surface area contributed by atoms with Gasteiger partial charge in [0.25, 0.3) is 0 Å². The van der Waals surface area contributed by atoms with Crippen LogP contribution in [0.3, 0.4) is 0 Å². The van der Waals surface area contributed by atoms with Gasteiger partial charge in [0, 0.05) is 12.6 Å². The lowest BCUT2D eigenvalue weighted by atomic mass is 10.1. The number of aliphatic hydroxyl groups excluding tert-OH is 2. The fraction of sp³-hybridized carbons (Fsp3) is 1.00. The van der Waals surface area contributed by atoms with E-state index in [2.05, 4.69) is 5.32 Å². The molecular weight excluding hydrogens is 154 g/mol. The van der Waals surface area contributed by atoms with Gasteiger partial charge >= 0.3 is 0 Å². The van der Waals surface area contributed by atoms with Crippen molar-refractivity contribution in [1.29, 1.82) is 0 Å².